The summed E-state index contributed by atoms with van der Waals surface area (Å²) in [6.07, 6.45) is 4.58. The maximum atomic E-state index is 12.8. The van der Waals surface area contributed by atoms with Gasteiger partial charge in [-0.3, -0.25) is 9.69 Å². The zero-order chi connectivity index (χ0) is 14.1. The molecule has 0 amide bonds. The predicted octanol–water partition coefficient (Wildman–Crippen LogP) is 2.64. The number of Topliss-reactive ketones (excluding diaryl/α,β-unsaturated/α-hetero) is 1. The molecule has 1 N–H and O–H groups in total. The second kappa shape index (κ2) is 5.66. The monoisotopic (exact) mass is 273 g/mol. The number of ketones is 1. The lowest BCUT2D eigenvalue weighted by atomic mass is 9.93. The van der Waals surface area contributed by atoms with Crippen LogP contribution in [0.2, 0.25) is 0 Å². The van der Waals surface area contributed by atoms with Crippen molar-refractivity contribution in [2.45, 2.75) is 63.3 Å². The summed E-state index contributed by atoms with van der Waals surface area (Å²) < 4.78 is 0. The molecule has 2 fully saturated rings. The van der Waals surface area contributed by atoms with E-state index in [2.05, 4.69) is 11.8 Å². The van der Waals surface area contributed by atoms with Gasteiger partial charge >= 0.3 is 0 Å². The molecule has 2 aliphatic rings. The Kier molecular flexibility index (Phi) is 3.90. The zero-order valence-electron chi connectivity index (χ0n) is 12.0. The number of hydrogen-bond acceptors (Lipinski definition) is 3. The number of piperidine rings is 1. The Hall–Kier alpha value is -1.19. The second-order valence-corrected chi connectivity index (χ2v) is 6.11. The van der Waals surface area contributed by atoms with E-state index in [0.717, 1.165) is 37.7 Å². The van der Waals surface area contributed by atoms with Crippen molar-refractivity contribution in [2.24, 2.45) is 0 Å². The lowest BCUT2D eigenvalue weighted by molar-refractivity contribution is 0.0110. The van der Waals surface area contributed by atoms with Crippen LogP contribution in [0.1, 0.15) is 49.4 Å². The average molecular weight is 273 g/mol. The van der Waals surface area contributed by atoms with E-state index in [1.54, 1.807) is 0 Å². The van der Waals surface area contributed by atoms with Gasteiger partial charge in [-0.2, -0.15) is 0 Å². The number of rotatable bonds is 4. The molecule has 108 valence electrons. The third kappa shape index (κ3) is 2.40. The number of carbonyl (C=O) groups is 1. The van der Waals surface area contributed by atoms with Crippen molar-refractivity contribution in [3.05, 3.63) is 35.9 Å². The first-order chi connectivity index (χ1) is 9.70. The van der Waals surface area contributed by atoms with Gasteiger partial charge in [0, 0.05) is 17.6 Å². The van der Waals surface area contributed by atoms with Crippen molar-refractivity contribution in [1.29, 1.82) is 0 Å². The molecule has 1 aromatic carbocycles. The van der Waals surface area contributed by atoms with Crippen LogP contribution in [0.15, 0.2) is 30.3 Å². The predicted molar refractivity (Wildman–Crippen MR) is 78.7 cm³/mol. The highest BCUT2D eigenvalue weighted by atomic mass is 16.3. The minimum Gasteiger partial charge on any atom is -0.393 e. The molecule has 0 aliphatic carbocycles. The summed E-state index contributed by atoms with van der Waals surface area (Å²) in [6, 6.07) is 10.4. The van der Waals surface area contributed by atoms with Gasteiger partial charge in [-0.1, -0.05) is 37.3 Å². The summed E-state index contributed by atoms with van der Waals surface area (Å²) in [5.74, 6) is 0.237. The van der Waals surface area contributed by atoms with Gasteiger partial charge in [-0.05, 0) is 32.1 Å². The fraction of sp³-hybridized carbons (Fsp3) is 0.588. The van der Waals surface area contributed by atoms with E-state index in [4.69, 9.17) is 0 Å². The maximum Gasteiger partial charge on any atom is 0.179 e. The highest BCUT2D eigenvalue weighted by molar-refractivity contribution is 6.00. The number of aliphatic hydroxyl groups is 1. The van der Waals surface area contributed by atoms with E-state index in [9.17, 15) is 9.90 Å². The van der Waals surface area contributed by atoms with E-state index < -0.39 is 0 Å². The van der Waals surface area contributed by atoms with Crippen LogP contribution in [0.5, 0.6) is 0 Å². The number of nitrogens with zero attached hydrogens (tertiary/aromatic N) is 1. The number of hydrogen-bond donors (Lipinski definition) is 1. The fourth-order valence-electron chi connectivity index (χ4n) is 4.02. The Morgan fingerprint density at radius 3 is 2.40 bits per heavy atom. The smallest absolute Gasteiger partial charge is 0.179 e. The number of aliphatic hydroxyl groups excluding tert-OH is 1. The molecule has 3 rings (SSSR count). The number of benzene rings is 1. The first-order valence-electron chi connectivity index (χ1n) is 7.75. The summed E-state index contributed by atoms with van der Waals surface area (Å²) in [6.45, 7) is 2.09. The van der Waals surface area contributed by atoms with Crippen LogP contribution in [0.25, 0.3) is 0 Å². The third-order valence-corrected chi connectivity index (χ3v) is 4.87. The highest BCUT2D eigenvalue weighted by Crippen LogP contribution is 2.38. The topological polar surface area (TPSA) is 40.5 Å². The van der Waals surface area contributed by atoms with Crippen LogP contribution >= 0.6 is 0 Å². The minimum absolute atomic E-state index is 0.0256. The molecule has 3 atom stereocenters. The molecule has 3 heteroatoms. The third-order valence-electron chi connectivity index (χ3n) is 4.87. The molecule has 0 aromatic heterocycles. The summed E-state index contributed by atoms with van der Waals surface area (Å²) in [7, 11) is 0. The largest absolute Gasteiger partial charge is 0.393 e. The molecule has 3 unspecified atom stereocenters. The van der Waals surface area contributed by atoms with Crippen molar-refractivity contribution in [2.75, 3.05) is 0 Å². The Bertz CT molecular complexity index is 459. The van der Waals surface area contributed by atoms with Gasteiger partial charge < -0.3 is 5.11 Å². The van der Waals surface area contributed by atoms with Crippen molar-refractivity contribution >= 4 is 5.78 Å². The van der Waals surface area contributed by atoms with Crippen LogP contribution in [-0.4, -0.2) is 40.0 Å². The zero-order valence-corrected chi connectivity index (χ0v) is 12.0. The van der Waals surface area contributed by atoms with Crippen molar-refractivity contribution < 1.29 is 9.90 Å². The molecule has 3 nitrogen and oxygen atoms in total. The van der Waals surface area contributed by atoms with Gasteiger partial charge in [0.05, 0.1) is 12.1 Å². The molecule has 2 heterocycles. The lowest BCUT2D eigenvalue weighted by Gasteiger charge is -2.41. The molecule has 0 radical (unpaired) electrons. The van der Waals surface area contributed by atoms with Gasteiger partial charge in [0.2, 0.25) is 0 Å². The maximum absolute atomic E-state index is 12.8. The van der Waals surface area contributed by atoms with Crippen LogP contribution in [0.3, 0.4) is 0 Å². The molecular weight excluding hydrogens is 250 g/mol. The first-order valence-corrected chi connectivity index (χ1v) is 7.75. The van der Waals surface area contributed by atoms with E-state index in [-0.39, 0.29) is 17.9 Å². The van der Waals surface area contributed by atoms with Crippen LogP contribution in [0, 0.1) is 0 Å². The van der Waals surface area contributed by atoms with Gasteiger partial charge in [0.25, 0.3) is 0 Å². The van der Waals surface area contributed by atoms with Crippen molar-refractivity contribution in [1.82, 2.24) is 4.90 Å². The number of fused-ring (bicyclic) bond motifs is 2. The quantitative estimate of drug-likeness (QED) is 0.857. The van der Waals surface area contributed by atoms with E-state index in [1.165, 1.54) is 0 Å². The van der Waals surface area contributed by atoms with Gasteiger partial charge in [0.15, 0.2) is 5.78 Å². The molecule has 2 bridgehead atoms. The number of carbonyl (C=O) groups excluding carboxylic acids is 1. The van der Waals surface area contributed by atoms with Crippen LogP contribution < -0.4 is 0 Å². The lowest BCUT2D eigenvalue weighted by Crippen LogP contribution is -2.52. The fourth-order valence-corrected chi connectivity index (χ4v) is 4.02. The summed E-state index contributed by atoms with van der Waals surface area (Å²) in [5.41, 5.74) is 0.810. The molecule has 2 aliphatic heterocycles. The average Bonchev–Trinajstić information content (AvgIpc) is 2.73. The first kappa shape index (κ1) is 13.8. The van der Waals surface area contributed by atoms with E-state index in [0.29, 0.717) is 12.1 Å². The van der Waals surface area contributed by atoms with Crippen LogP contribution in [0.4, 0.5) is 0 Å². The summed E-state index contributed by atoms with van der Waals surface area (Å²) in [4.78, 5) is 15.2. The van der Waals surface area contributed by atoms with Crippen molar-refractivity contribution in [3.63, 3.8) is 0 Å². The molecule has 2 saturated heterocycles. The molecule has 1 aromatic rings. The van der Waals surface area contributed by atoms with Gasteiger partial charge in [-0.25, -0.2) is 0 Å². The summed E-state index contributed by atoms with van der Waals surface area (Å²) in [5, 5.41) is 9.91. The Labute approximate surface area is 120 Å². The Morgan fingerprint density at radius 1 is 1.25 bits per heavy atom. The Balaban J connectivity index is 1.82. The highest BCUT2D eigenvalue weighted by Gasteiger charge is 2.44. The molecule has 20 heavy (non-hydrogen) atoms. The van der Waals surface area contributed by atoms with E-state index in [1.807, 2.05) is 30.3 Å². The standard InChI is InChI=1S/C17H23NO2/c1-2-16(17(20)12-6-4-3-5-7-12)18-13-8-9-14(18)11-15(19)10-13/h3-7,13-16,19H,2,8-11H2,1H3. The molecule has 0 spiro atoms. The molecule has 0 saturated carbocycles. The van der Waals surface area contributed by atoms with Gasteiger partial charge in [0.1, 0.15) is 0 Å². The van der Waals surface area contributed by atoms with E-state index >= 15 is 0 Å². The summed E-state index contributed by atoms with van der Waals surface area (Å²) >= 11 is 0. The van der Waals surface area contributed by atoms with Crippen molar-refractivity contribution in [3.8, 4) is 0 Å². The minimum atomic E-state index is -0.173. The SMILES string of the molecule is CCC(C(=O)c1ccccc1)N1C2CCC1CC(O)C2. The van der Waals surface area contributed by atoms with Crippen LogP contribution in [-0.2, 0) is 0 Å². The normalized spacial score (nSPS) is 31.2. The second-order valence-electron chi connectivity index (χ2n) is 6.11. The van der Waals surface area contributed by atoms with Gasteiger partial charge in [-0.15, -0.1) is 0 Å². The Morgan fingerprint density at radius 2 is 1.85 bits per heavy atom. The molecular formula is C17H23NO2.